The van der Waals surface area contributed by atoms with E-state index in [0.29, 0.717) is 32.8 Å². The van der Waals surface area contributed by atoms with Crippen LogP contribution in [-0.2, 0) is 28.8 Å². The van der Waals surface area contributed by atoms with Crippen molar-refractivity contribution < 1.29 is 28.8 Å². The number of ketones is 1. The van der Waals surface area contributed by atoms with E-state index in [-0.39, 0.29) is 62.5 Å². The van der Waals surface area contributed by atoms with Gasteiger partial charge in [0.1, 0.15) is 10.8 Å². The molecule has 0 spiro atoms. The smallest absolute Gasteiger partial charge is 0.265 e. The Morgan fingerprint density at radius 2 is 0.964 bits per heavy atom. The third-order valence-electron chi connectivity index (χ3n) is 13.8. The molecule has 6 rings (SSSR count). The Bertz CT molecular complexity index is 2100. The van der Waals surface area contributed by atoms with E-state index in [0.717, 1.165) is 71.2 Å². The van der Waals surface area contributed by atoms with Crippen molar-refractivity contribution >= 4 is 62.9 Å². The van der Waals surface area contributed by atoms with Crippen molar-refractivity contribution in [2.24, 2.45) is 10.8 Å². The predicted octanol–water partition coefficient (Wildman–Crippen LogP) is 15.0. The summed E-state index contributed by atoms with van der Waals surface area (Å²) in [5.41, 5.74) is 0.803. The number of allylic oxidation sites excluding steroid dienone is 1. The number of likely N-dealkylation sites (tertiary alicyclic amines) is 1. The van der Waals surface area contributed by atoms with Crippen LogP contribution in [0.15, 0.2) is 58.6 Å². The van der Waals surface area contributed by atoms with Gasteiger partial charge in [-0.3, -0.25) is 28.9 Å². The molecule has 6 aliphatic rings. The van der Waals surface area contributed by atoms with Gasteiger partial charge in [0.15, 0.2) is 0 Å². The first-order chi connectivity index (χ1) is 37.4. The Kier molecular flexibility index (Phi) is 35.2. The molecule has 6 aliphatic heterocycles. The van der Waals surface area contributed by atoms with Gasteiger partial charge in [0.25, 0.3) is 11.8 Å². The van der Waals surface area contributed by atoms with Crippen LogP contribution in [0, 0.1) is 10.8 Å². The number of amides is 5. The van der Waals surface area contributed by atoms with Gasteiger partial charge in [-0.05, 0) is 216 Å². The fraction of sp³-hybridized carbons (Fsp3) is 0.765. The standard InChI is InChI=1S/C9H14BrNO.C9H14ClNO.C9H20N2.C9H17NO.C9H15NO.C8H13NO.C8H16.C7H14O/c2*1-9(2,3)11-6-4-5-7(10)8(11)12;1-9(2,3)11-7-5-10(4)6-8-11;2*1-9(2,3)10-7-5-4-6-8(10)11;1-8(2,3)9-6-4-5-7(9)10;1-5-6-7-8(2,3)4;1-6(8)5-7(2,3)4/h2*5H,4,6H2,1-3H3;5-8H2,1-4H3;4-7H2,1-3H3;4,6H,5,7H2,1-3H3;4-5H,6H2,1-3H3;5H,1,6-7H2,2-4H3;5H2,1-4H3. The van der Waals surface area contributed by atoms with Gasteiger partial charge in [-0.15, -0.1) is 6.58 Å². The van der Waals surface area contributed by atoms with Crippen molar-refractivity contribution in [2.45, 2.75) is 264 Å². The summed E-state index contributed by atoms with van der Waals surface area (Å²) in [7, 11) is 2.19. The van der Waals surface area contributed by atoms with E-state index >= 15 is 0 Å². The quantitative estimate of drug-likeness (QED) is 0.256. The topological polar surface area (TPSA) is 125 Å². The van der Waals surface area contributed by atoms with Gasteiger partial charge in [-0.1, -0.05) is 83.5 Å². The molecule has 0 aliphatic carbocycles. The number of likely N-dealkylation sites (N-methyl/N-ethyl adjacent to an activating group) is 1. The third kappa shape index (κ3) is 36.2. The molecule has 2 saturated heterocycles. The number of hydrogen-bond donors (Lipinski definition) is 0. The maximum Gasteiger partial charge on any atom is 0.265 e. The van der Waals surface area contributed by atoms with Gasteiger partial charge in [0.2, 0.25) is 17.7 Å². The van der Waals surface area contributed by atoms with Crippen molar-refractivity contribution in [3.05, 3.63) is 58.6 Å². The van der Waals surface area contributed by atoms with E-state index in [1.165, 1.54) is 39.0 Å². The van der Waals surface area contributed by atoms with Gasteiger partial charge in [-0.2, -0.15) is 0 Å². The maximum absolute atomic E-state index is 11.6. The minimum absolute atomic E-state index is 0.0253. The summed E-state index contributed by atoms with van der Waals surface area (Å²) in [5, 5.41) is 0.358. The Labute approximate surface area is 522 Å². The fourth-order valence-corrected chi connectivity index (χ4v) is 9.78. The first kappa shape index (κ1) is 81.5. The molecule has 83 heavy (non-hydrogen) atoms. The van der Waals surface area contributed by atoms with Gasteiger partial charge >= 0.3 is 0 Å². The van der Waals surface area contributed by atoms with Gasteiger partial charge < -0.3 is 34.2 Å². The number of hydrogen-bond acceptors (Lipinski definition) is 8. The first-order valence-corrected chi connectivity index (χ1v) is 31.7. The Balaban J connectivity index is 0. The molecule has 0 bridgehead atoms. The minimum atomic E-state index is -0.120. The molecule has 2 fully saturated rings. The number of nitrogens with zero attached hydrogens (tertiary/aromatic N) is 7. The van der Waals surface area contributed by atoms with Crippen LogP contribution < -0.4 is 0 Å². The zero-order chi connectivity index (χ0) is 65.3. The molecule has 0 aromatic carbocycles. The molecule has 13 nitrogen and oxygen atoms in total. The second-order valence-corrected chi connectivity index (χ2v) is 32.0. The SMILES string of the molecule is C=CCCC(C)(C)C.CC(=O)CC(C)(C)C.CC(C)(C)N1CC=CC1=O.CC(C)(C)N1CCC=C(Br)C1=O.CC(C)(C)N1CCC=C(Cl)C1=O.CC(C)(C)N1CCC=CC1=O.CC(C)(C)N1CCCCC1=O.CN1CCN(C(C)(C)C)CC1. The number of halogens is 2. The molecule has 0 radical (unpaired) electrons. The zero-order valence-corrected chi connectivity index (χ0v) is 60.2. The highest BCUT2D eigenvalue weighted by Crippen LogP contribution is 2.26. The molecule has 0 aromatic rings. The van der Waals surface area contributed by atoms with Gasteiger partial charge in [-0.25, -0.2) is 0 Å². The Morgan fingerprint density at radius 1 is 0.530 bits per heavy atom. The predicted molar refractivity (Wildman–Crippen MR) is 357 cm³/mol. The summed E-state index contributed by atoms with van der Waals surface area (Å²) in [4.78, 5) is 81.6. The van der Waals surface area contributed by atoms with E-state index in [1.807, 2.05) is 85.4 Å². The lowest BCUT2D eigenvalue weighted by Gasteiger charge is -2.41. The molecule has 0 saturated carbocycles. The molecule has 0 N–H and O–H groups in total. The van der Waals surface area contributed by atoms with Crippen molar-refractivity contribution in [2.75, 3.05) is 66.0 Å². The molecule has 6 heterocycles. The van der Waals surface area contributed by atoms with Crippen LogP contribution in [0.2, 0.25) is 0 Å². The summed E-state index contributed by atoms with van der Waals surface area (Å²) in [5.74, 6) is 0.932. The first-order valence-electron chi connectivity index (χ1n) is 30.5. The van der Waals surface area contributed by atoms with Gasteiger partial charge in [0, 0.05) is 111 Å². The number of carbonyl (C=O) groups is 6. The lowest BCUT2D eigenvalue weighted by Crippen LogP contribution is -2.52. The summed E-state index contributed by atoms with van der Waals surface area (Å²) in [6, 6.07) is 0. The number of piperazine rings is 1. The second-order valence-electron chi connectivity index (χ2n) is 30.8. The molecular weight excluding hydrogens is 1130 g/mol. The highest BCUT2D eigenvalue weighted by Gasteiger charge is 2.32. The van der Waals surface area contributed by atoms with Crippen LogP contribution in [0.1, 0.15) is 231 Å². The molecule has 0 atom stereocenters. The van der Waals surface area contributed by atoms with Crippen LogP contribution in [0.25, 0.3) is 0 Å². The normalized spacial score (nSPS) is 18.6. The number of Topliss-reactive ketones (excluding diaryl/α,β-unsaturated/α-hetero) is 1. The largest absolute Gasteiger partial charge is 0.338 e. The lowest BCUT2D eigenvalue weighted by atomic mass is 9.91. The molecule has 480 valence electrons. The maximum atomic E-state index is 11.6. The number of rotatable bonds is 3. The highest BCUT2D eigenvalue weighted by molar-refractivity contribution is 9.12. The van der Waals surface area contributed by atoms with Crippen molar-refractivity contribution in [3.8, 4) is 0 Å². The van der Waals surface area contributed by atoms with Crippen LogP contribution >= 0.6 is 27.5 Å². The highest BCUT2D eigenvalue weighted by atomic mass is 79.9. The lowest BCUT2D eigenvalue weighted by molar-refractivity contribution is -0.138. The van der Waals surface area contributed by atoms with Crippen LogP contribution in [0.4, 0.5) is 0 Å². The minimum Gasteiger partial charge on any atom is -0.338 e. The van der Waals surface area contributed by atoms with E-state index in [9.17, 15) is 28.8 Å². The van der Waals surface area contributed by atoms with E-state index in [2.05, 4.69) is 164 Å². The zero-order valence-electron chi connectivity index (χ0n) is 57.8. The Hall–Kier alpha value is -3.59. The van der Waals surface area contributed by atoms with Gasteiger partial charge in [0.05, 0.1) is 4.48 Å². The Morgan fingerprint density at radius 3 is 1.25 bits per heavy atom. The summed E-state index contributed by atoms with van der Waals surface area (Å²) < 4.78 is 0.698. The number of carbonyl (C=O) groups excluding carboxylic acids is 6. The van der Waals surface area contributed by atoms with Crippen molar-refractivity contribution in [1.82, 2.24) is 34.3 Å². The summed E-state index contributed by atoms with van der Waals surface area (Å²) in [6.45, 7) is 64.9. The van der Waals surface area contributed by atoms with E-state index in [4.69, 9.17) is 11.6 Å². The molecule has 0 aromatic heterocycles. The molecule has 5 amide bonds. The van der Waals surface area contributed by atoms with E-state index in [1.54, 1.807) is 30.1 Å². The average molecular weight is 1250 g/mol. The molecule has 0 unspecified atom stereocenters. The van der Waals surface area contributed by atoms with Crippen LogP contribution in [-0.4, -0.2) is 169 Å². The average Bonchev–Trinajstić information content (AvgIpc) is 3.82. The fourth-order valence-electron chi connectivity index (χ4n) is 9.13. The third-order valence-corrected chi connectivity index (χ3v) is 14.8. The monoisotopic (exact) mass is 1250 g/mol. The molecule has 15 heteroatoms. The summed E-state index contributed by atoms with van der Waals surface area (Å²) >= 11 is 8.99. The van der Waals surface area contributed by atoms with Crippen molar-refractivity contribution in [1.29, 1.82) is 0 Å². The number of piperidine rings is 1. The van der Waals surface area contributed by atoms with Crippen molar-refractivity contribution in [3.63, 3.8) is 0 Å². The van der Waals surface area contributed by atoms with E-state index < -0.39 is 0 Å². The van der Waals surface area contributed by atoms with Crippen LogP contribution in [0.3, 0.4) is 0 Å². The second kappa shape index (κ2) is 35.9. The molecular formula is C68H123BrClN7O6. The summed E-state index contributed by atoms with van der Waals surface area (Å²) in [6.07, 6.45) is 21.7. The van der Waals surface area contributed by atoms with Crippen LogP contribution in [0.5, 0.6) is 0 Å².